The molecule has 0 saturated carbocycles. The van der Waals surface area contributed by atoms with E-state index in [1.165, 1.54) is 12.1 Å². The predicted octanol–water partition coefficient (Wildman–Crippen LogP) is 7.84. The molecule has 1 aliphatic carbocycles. The fraction of sp³-hybridized carbons (Fsp3) is 0.394. The SMILES string of the molecule is C#CC(C)Oc1cc(N2C(=O)C3=C(CCCC3)C2=O)c(F)cc1Cl.CC(C)Oc1cc(-n2nc(C(C)(C)C)oc2=O)c(Cl)cc1Cl. The Hall–Kier alpha value is -3.78. The normalized spacial score (nSPS) is 15.4. The molecule has 1 aromatic heterocycles. The number of ether oxygens (including phenoxy) is 2. The van der Waals surface area contributed by atoms with Gasteiger partial charge in [-0.1, -0.05) is 61.5 Å². The highest BCUT2D eigenvalue weighted by molar-refractivity contribution is 6.36. The number of imide groups is 1. The standard InChI is InChI=1S/C18H15ClFNO3.C15H18Cl2N2O3/c1-3-10(2)24-16-9-15(14(20)8-13(16)19)21-17(22)11-6-4-5-7-12(11)18(21)23;1-8(2)21-12-7-11(9(16)6-10(12)17)19-14(20)22-13(18-19)15(3,4)5/h1,8-10H,4-7H2,2H3;6-8H,1-5H3. The molecule has 0 saturated heterocycles. The van der Waals surface area contributed by atoms with Gasteiger partial charge in [0.05, 0.1) is 32.5 Å². The lowest BCUT2D eigenvalue weighted by molar-refractivity contribution is -0.120. The summed E-state index contributed by atoms with van der Waals surface area (Å²) in [5, 5.41) is 4.90. The first-order valence-electron chi connectivity index (χ1n) is 14.5. The third-order valence-electron chi connectivity index (χ3n) is 6.95. The van der Waals surface area contributed by atoms with Crippen molar-refractivity contribution >= 4 is 52.3 Å². The molecule has 1 atom stereocenters. The van der Waals surface area contributed by atoms with Gasteiger partial charge in [-0.25, -0.2) is 14.1 Å². The number of hydrogen-bond acceptors (Lipinski definition) is 7. The molecule has 13 heteroatoms. The number of anilines is 1. The fourth-order valence-electron chi connectivity index (χ4n) is 4.72. The maximum atomic E-state index is 14.4. The van der Waals surface area contributed by atoms with Gasteiger partial charge < -0.3 is 13.9 Å². The molecule has 3 aromatic rings. The zero-order valence-corrected chi connectivity index (χ0v) is 28.4. The Morgan fingerprint density at radius 3 is 1.96 bits per heavy atom. The first kappa shape index (κ1) is 35.1. The minimum atomic E-state index is -0.762. The van der Waals surface area contributed by atoms with Crippen molar-refractivity contribution in [2.24, 2.45) is 0 Å². The monoisotopic (exact) mass is 691 g/mol. The zero-order chi connectivity index (χ0) is 34.1. The van der Waals surface area contributed by atoms with E-state index < -0.39 is 29.5 Å². The number of carbonyl (C=O) groups excluding carboxylic acids is 2. The van der Waals surface area contributed by atoms with Gasteiger partial charge in [0.2, 0.25) is 5.89 Å². The predicted molar refractivity (Wildman–Crippen MR) is 175 cm³/mol. The van der Waals surface area contributed by atoms with Crippen LogP contribution < -0.4 is 20.1 Å². The summed E-state index contributed by atoms with van der Waals surface area (Å²) in [5.41, 5.74) is 0.787. The van der Waals surface area contributed by atoms with Gasteiger partial charge >= 0.3 is 5.76 Å². The van der Waals surface area contributed by atoms with Gasteiger partial charge in [-0.3, -0.25) is 9.59 Å². The molecule has 1 unspecified atom stereocenters. The zero-order valence-electron chi connectivity index (χ0n) is 26.2. The van der Waals surface area contributed by atoms with E-state index in [4.69, 9.17) is 55.1 Å². The Bertz CT molecular complexity index is 1790. The second-order valence-corrected chi connectivity index (χ2v) is 13.2. The van der Waals surface area contributed by atoms with Gasteiger partial charge in [0.15, 0.2) is 6.10 Å². The highest BCUT2D eigenvalue weighted by Crippen LogP contribution is 2.40. The van der Waals surface area contributed by atoms with Crippen LogP contribution in [0.2, 0.25) is 15.1 Å². The highest BCUT2D eigenvalue weighted by Gasteiger charge is 2.41. The molecule has 9 nitrogen and oxygen atoms in total. The van der Waals surface area contributed by atoms with Crippen LogP contribution in [0.1, 0.15) is 73.1 Å². The molecule has 0 spiro atoms. The van der Waals surface area contributed by atoms with Crippen LogP contribution in [-0.4, -0.2) is 33.8 Å². The van der Waals surface area contributed by atoms with E-state index in [1.807, 2.05) is 34.6 Å². The van der Waals surface area contributed by atoms with Gasteiger partial charge in [0.25, 0.3) is 11.8 Å². The average Bonchev–Trinajstić information content (AvgIpc) is 3.49. The molecule has 0 fully saturated rings. The van der Waals surface area contributed by atoms with Gasteiger partial charge in [-0.2, -0.15) is 4.68 Å². The third-order valence-corrected chi connectivity index (χ3v) is 7.85. The number of benzene rings is 2. The van der Waals surface area contributed by atoms with Crippen molar-refractivity contribution in [3.8, 4) is 29.5 Å². The molecule has 0 bridgehead atoms. The van der Waals surface area contributed by atoms with Crippen LogP contribution in [0, 0.1) is 18.2 Å². The quantitative estimate of drug-likeness (QED) is 0.192. The number of amides is 2. The number of aromatic nitrogens is 2. The van der Waals surface area contributed by atoms with Crippen LogP contribution in [-0.2, 0) is 15.0 Å². The van der Waals surface area contributed by atoms with Gasteiger partial charge in [0, 0.05) is 28.7 Å². The first-order chi connectivity index (χ1) is 21.5. The van der Waals surface area contributed by atoms with Crippen LogP contribution in [0.4, 0.5) is 10.1 Å². The molecular formula is C33H33Cl3FN3O6. The summed E-state index contributed by atoms with van der Waals surface area (Å²) in [7, 11) is 0. The van der Waals surface area contributed by atoms with E-state index in [0.717, 1.165) is 28.5 Å². The Morgan fingerprint density at radius 1 is 0.891 bits per heavy atom. The number of carbonyl (C=O) groups is 2. The summed E-state index contributed by atoms with van der Waals surface area (Å²) in [6.45, 7) is 11.1. The molecule has 2 amide bonds. The van der Waals surface area contributed by atoms with E-state index in [-0.39, 0.29) is 33.0 Å². The Kier molecular flexibility index (Phi) is 10.6. The van der Waals surface area contributed by atoms with Crippen molar-refractivity contribution in [2.45, 2.75) is 84.8 Å². The Morgan fingerprint density at radius 2 is 1.43 bits per heavy atom. The van der Waals surface area contributed by atoms with Gasteiger partial charge in [-0.15, -0.1) is 11.5 Å². The van der Waals surface area contributed by atoms with Crippen molar-refractivity contribution in [3.05, 3.63) is 72.7 Å². The topological polar surface area (TPSA) is 104 Å². The molecule has 1 aliphatic heterocycles. The van der Waals surface area contributed by atoms with Gasteiger partial charge in [-0.05, 0) is 58.6 Å². The van der Waals surface area contributed by atoms with Crippen molar-refractivity contribution in [3.63, 3.8) is 0 Å². The van der Waals surface area contributed by atoms with E-state index >= 15 is 0 Å². The lowest BCUT2D eigenvalue weighted by atomic mass is 9.93. The van der Waals surface area contributed by atoms with Crippen LogP contribution >= 0.6 is 34.8 Å². The maximum Gasteiger partial charge on any atom is 0.442 e. The summed E-state index contributed by atoms with van der Waals surface area (Å²) in [6.07, 6.45) is 7.41. The third kappa shape index (κ3) is 7.43. The molecule has 5 rings (SSSR count). The fourth-order valence-corrected chi connectivity index (χ4v) is 5.42. The molecule has 0 radical (unpaired) electrons. The first-order valence-corrected chi connectivity index (χ1v) is 15.7. The van der Waals surface area contributed by atoms with E-state index in [0.29, 0.717) is 46.3 Å². The second-order valence-electron chi connectivity index (χ2n) is 12.0. The lowest BCUT2D eigenvalue weighted by Crippen LogP contribution is -2.32. The minimum Gasteiger partial charge on any atom is -0.489 e. The minimum absolute atomic E-state index is 0.0233. The summed E-state index contributed by atoms with van der Waals surface area (Å²) < 4.78 is 31.8. The van der Waals surface area contributed by atoms with Crippen LogP contribution in [0.5, 0.6) is 11.5 Å². The summed E-state index contributed by atoms with van der Waals surface area (Å²) >= 11 is 18.3. The Balaban J connectivity index is 0.000000210. The van der Waals surface area contributed by atoms with Crippen LogP contribution in [0.25, 0.3) is 5.69 Å². The number of rotatable bonds is 6. The van der Waals surface area contributed by atoms with Crippen molar-refractivity contribution < 1.29 is 27.9 Å². The molecule has 46 heavy (non-hydrogen) atoms. The lowest BCUT2D eigenvalue weighted by Gasteiger charge is -2.19. The average molecular weight is 693 g/mol. The molecule has 2 aliphatic rings. The van der Waals surface area contributed by atoms with Gasteiger partial charge in [0.1, 0.15) is 17.3 Å². The van der Waals surface area contributed by atoms with Crippen molar-refractivity contribution in [1.29, 1.82) is 0 Å². The van der Waals surface area contributed by atoms with Crippen LogP contribution in [0.15, 0.2) is 44.6 Å². The summed E-state index contributed by atoms with van der Waals surface area (Å²) in [5.74, 6) is 0.963. The maximum absolute atomic E-state index is 14.4. The summed E-state index contributed by atoms with van der Waals surface area (Å²) in [6, 6.07) is 5.38. The number of nitrogens with zero attached hydrogens (tertiary/aromatic N) is 3. The smallest absolute Gasteiger partial charge is 0.442 e. The largest absolute Gasteiger partial charge is 0.489 e. The number of terminal acetylenes is 1. The molecular weight excluding hydrogens is 660 g/mol. The molecule has 244 valence electrons. The molecule has 0 N–H and O–H groups in total. The van der Waals surface area contributed by atoms with E-state index in [2.05, 4.69) is 11.0 Å². The number of hydrogen-bond donors (Lipinski definition) is 0. The van der Waals surface area contributed by atoms with Crippen molar-refractivity contribution in [1.82, 2.24) is 9.78 Å². The van der Waals surface area contributed by atoms with Crippen molar-refractivity contribution in [2.75, 3.05) is 4.90 Å². The number of halogens is 4. The van der Waals surface area contributed by atoms with E-state index in [1.54, 1.807) is 13.0 Å². The summed E-state index contributed by atoms with van der Waals surface area (Å²) in [4.78, 5) is 38.0. The second kappa shape index (κ2) is 13.9. The Labute approximate surface area is 281 Å². The molecule has 2 aromatic carbocycles. The van der Waals surface area contributed by atoms with E-state index in [9.17, 15) is 18.8 Å². The highest BCUT2D eigenvalue weighted by atomic mass is 35.5. The molecule has 2 heterocycles. The van der Waals surface area contributed by atoms with Crippen LogP contribution in [0.3, 0.4) is 0 Å².